The third-order valence-electron chi connectivity index (χ3n) is 3.19. The Hall–Kier alpha value is -0.990. The SMILES string of the molecule is CCCCCCCCCC(=O)N1C=CN(C)C1. The highest BCUT2D eigenvalue weighted by atomic mass is 16.2. The Labute approximate surface area is 105 Å². The first-order valence-electron chi connectivity index (χ1n) is 6.92. The molecule has 0 N–H and O–H groups in total. The van der Waals surface area contributed by atoms with Crippen molar-refractivity contribution in [2.24, 2.45) is 0 Å². The van der Waals surface area contributed by atoms with Gasteiger partial charge >= 0.3 is 0 Å². The fourth-order valence-electron chi connectivity index (χ4n) is 2.07. The molecule has 98 valence electrons. The van der Waals surface area contributed by atoms with Gasteiger partial charge in [-0.2, -0.15) is 0 Å². The predicted octanol–water partition coefficient (Wildman–Crippen LogP) is 3.33. The number of rotatable bonds is 8. The van der Waals surface area contributed by atoms with Gasteiger partial charge in [-0.25, -0.2) is 0 Å². The summed E-state index contributed by atoms with van der Waals surface area (Å²) in [5, 5.41) is 0. The van der Waals surface area contributed by atoms with Gasteiger partial charge in [0.25, 0.3) is 0 Å². The molecule has 0 aliphatic carbocycles. The third kappa shape index (κ3) is 5.76. The van der Waals surface area contributed by atoms with Gasteiger partial charge in [-0.1, -0.05) is 45.4 Å². The Bertz CT molecular complexity index is 251. The highest BCUT2D eigenvalue weighted by Crippen LogP contribution is 2.11. The molecule has 0 fully saturated rings. The van der Waals surface area contributed by atoms with Crippen molar-refractivity contribution < 1.29 is 4.79 Å². The zero-order chi connectivity index (χ0) is 12.5. The van der Waals surface area contributed by atoms with E-state index < -0.39 is 0 Å². The third-order valence-corrected chi connectivity index (χ3v) is 3.19. The molecule has 0 bridgehead atoms. The van der Waals surface area contributed by atoms with Crippen LogP contribution < -0.4 is 0 Å². The summed E-state index contributed by atoms with van der Waals surface area (Å²) in [5.74, 6) is 0.263. The van der Waals surface area contributed by atoms with Gasteiger partial charge in [0.1, 0.15) is 0 Å². The molecule has 0 atom stereocenters. The Morgan fingerprint density at radius 2 is 1.71 bits per heavy atom. The second-order valence-corrected chi connectivity index (χ2v) is 4.93. The van der Waals surface area contributed by atoms with Gasteiger partial charge < -0.3 is 4.90 Å². The van der Waals surface area contributed by atoms with E-state index in [1.165, 1.54) is 38.5 Å². The van der Waals surface area contributed by atoms with E-state index in [0.717, 1.165) is 13.1 Å². The Balaban J connectivity index is 1.96. The van der Waals surface area contributed by atoms with Gasteiger partial charge in [0.2, 0.25) is 5.91 Å². The molecule has 0 aromatic rings. The van der Waals surface area contributed by atoms with E-state index in [0.29, 0.717) is 6.42 Å². The number of carbonyl (C=O) groups is 1. The van der Waals surface area contributed by atoms with Crippen molar-refractivity contribution in [1.29, 1.82) is 0 Å². The monoisotopic (exact) mass is 238 g/mol. The molecule has 0 saturated heterocycles. The summed E-state index contributed by atoms with van der Waals surface area (Å²) in [6, 6.07) is 0. The quantitative estimate of drug-likeness (QED) is 0.606. The standard InChI is InChI=1S/C14H26N2O/c1-3-4-5-6-7-8-9-10-14(17)16-12-11-15(2)13-16/h11-12H,3-10,13H2,1-2H3. The topological polar surface area (TPSA) is 23.6 Å². The first kappa shape index (κ1) is 14.1. The van der Waals surface area contributed by atoms with E-state index in [-0.39, 0.29) is 5.91 Å². The highest BCUT2D eigenvalue weighted by Gasteiger charge is 2.15. The van der Waals surface area contributed by atoms with E-state index in [1.807, 2.05) is 24.3 Å². The zero-order valence-electron chi connectivity index (χ0n) is 11.3. The van der Waals surface area contributed by atoms with Crippen molar-refractivity contribution in [2.45, 2.75) is 58.3 Å². The molecule has 0 saturated carbocycles. The van der Waals surface area contributed by atoms with Crippen molar-refractivity contribution in [3.05, 3.63) is 12.4 Å². The van der Waals surface area contributed by atoms with Crippen LogP contribution in [0.1, 0.15) is 58.3 Å². The lowest BCUT2D eigenvalue weighted by Crippen LogP contribution is -2.28. The fraction of sp³-hybridized carbons (Fsp3) is 0.786. The van der Waals surface area contributed by atoms with Crippen LogP contribution in [0.5, 0.6) is 0 Å². The summed E-state index contributed by atoms with van der Waals surface area (Å²) < 4.78 is 0. The molecule has 3 heteroatoms. The molecule has 0 aromatic heterocycles. The van der Waals surface area contributed by atoms with Crippen LogP contribution in [-0.4, -0.2) is 29.4 Å². The Morgan fingerprint density at radius 1 is 1.06 bits per heavy atom. The molecule has 1 amide bonds. The van der Waals surface area contributed by atoms with Gasteiger partial charge in [-0.05, 0) is 6.42 Å². The summed E-state index contributed by atoms with van der Waals surface area (Å²) in [5.41, 5.74) is 0. The van der Waals surface area contributed by atoms with Crippen molar-refractivity contribution in [1.82, 2.24) is 9.80 Å². The van der Waals surface area contributed by atoms with Gasteiger partial charge in [0.15, 0.2) is 0 Å². The largest absolute Gasteiger partial charge is 0.361 e. The first-order chi connectivity index (χ1) is 8.24. The van der Waals surface area contributed by atoms with Crippen LogP contribution in [0.4, 0.5) is 0 Å². The zero-order valence-corrected chi connectivity index (χ0v) is 11.3. The van der Waals surface area contributed by atoms with Crippen LogP contribution in [0.2, 0.25) is 0 Å². The van der Waals surface area contributed by atoms with E-state index in [4.69, 9.17) is 0 Å². The van der Waals surface area contributed by atoms with E-state index in [1.54, 1.807) is 4.90 Å². The van der Waals surface area contributed by atoms with Crippen LogP contribution in [0.25, 0.3) is 0 Å². The number of nitrogens with zero attached hydrogens (tertiary/aromatic N) is 2. The summed E-state index contributed by atoms with van der Waals surface area (Å²) in [6.07, 6.45) is 13.4. The minimum atomic E-state index is 0.263. The maximum Gasteiger partial charge on any atom is 0.228 e. The van der Waals surface area contributed by atoms with Crippen molar-refractivity contribution >= 4 is 5.91 Å². The molecule has 0 radical (unpaired) electrons. The summed E-state index contributed by atoms with van der Waals surface area (Å²) in [7, 11) is 1.98. The molecular formula is C14H26N2O. The molecule has 1 aliphatic rings. The van der Waals surface area contributed by atoms with Crippen LogP contribution >= 0.6 is 0 Å². The molecule has 17 heavy (non-hydrogen) atoms. The fourth-order valence-corrected chi connectivity index (χ4v) is 2.07. The minimum Gasteiger partial charge on any atom is -0.361 e. The molecule has 1 heterocycles. The summed E-state index contributed by atoms with van der Waals surface area (Å²) >= 11 is 0. The molecule has 3 nitrogen and oxygen atoms in total. The van der Waals surface area contributed by atoms with Gasteiger partial charge in [0, 0.05) is 25.9 Å². The molecule has 1 rings (SSSR count). The van der Waals surface area contributed by atoms with Gasteiger partial charge in [-0.3, -0.25) is 9.69 Å². The Morgan fingerprint density at radius 3 is 2.29 bits per heavy atom. The van der Waals surface area contributed by atoms with Crippen molar-refractivity contribution in [3.8, 4) is 0 Å². The lowest BCUT2D eigenvalue weighted by atomic mass is 10.1. The average Bonchev–Trinajstić information content (AvgIpc) is 2.74. The smallest absolute Gasteiger partial charge is 0.228 e. The minimum absolute atomic E-state index is 0.263. The van der Waals surface area contributed by atoms with Crippen LogP contribution in [-0.2, 0) is 4.79 Å². The van der Waals surface area contributed by atoms with E-state index >= 15 is 0 Å². The lowest BCUT2D eigenvalue weighted by Gasteiger charge is -2.16. The maximum absolute atomic E-state index is 11.8. The number of carbonyl (C=O) groups excluding carboxylic acids is 1. The van der Waals surface area contributed by atoms with E-state index in [2.05, 4.69) is 6.92 Å². The van der Waals surface area contributed by atoms with Crippen LogP contribution in [0.15, 0.2) is 12.4 Å². The molecule has 0 spiro atoms. The first-order valence-corrected chi connectivity index (χ1v) is 6.92. The second-order valence-electron chi connectivity index (χ2n) is 4.93. The second kappa shape index (κ2) is 8.15. The Kier molecular flexibility index (Phi) is 6.75. The number of unbranched alkanes of at least 4 members (excludes halogenated alkanes) is 6. The number of hydrogen-bond donors (Lipinski definition) is 0. The molecule has 0 aromatic carbocycles. The van der Waals surface area contributed by atoms with Crippen molar-refractivity contribution in [2.75, 3.05) is 13.7 Å². The highest BCUT2D eigenvalue weighted by molar-refractivity contribution is 5.77. The van der Waals surface area contributed by atoms with Crippen LogP contribution in [0, 0.1) is 0 Å². The summed E-state index contributed by atoms with van der Waals surface area (Å²) in [4.78, 5) is 15.6. The molecular weight excluding hydrogens is 212 g/mol. The lowest BCUT2D eigenvalue weighted by molar-refractivity contribution is -0.129. The molecule has 1 aliphatic heterocycles. The maximum atomic E-state index is 11.8. The summed E-state index contributed by atoms with van der Waals surface area (Å²) in [6.45, 7) is 2.95. The van der Waals surface area contributed by atoms with Gasteiger partial charge in [-0.15, -0.1) is 0 Å². The number of amides is 1. The van der Waals surface area contributed by atoms with Crippen molar-refractivity contribution in [3.63, 3.8) is 0 Å². The normalized spacial score (nSPS) is 14.7. The number of hydrogen-bond acceptors (Lipinski definition) is 2. The van der Waals surface area contributed by atoms with Crippen LogP contribution in [0.3, 0.4) is 0 Å². The predicted molar refractivity (Wildman–Crippen MR) is 71.2 cm³/mol. The van der Waals surface area contributed by atoms with Gasteiger partial charge in [0.05, 0.1) is 6.67 Å². The van der Waals surface area contributed by atoms with E-state index in [9.17, 15) is 4.79 Å². The average molecular weight is 238 g/mol. The molecule has 0 unspecified atom stereocenters.